The molecule has 2 rings (SSSR count). The predicted octanol–water partition coefficient (Wildman–Crippen LogP) is 2.55. The van der Waals surface area contributed by atoms with Crippen molar-refractivity contribution in [2.75, 3.05) is 7.11 Å². The third-order valence-corrected chi connectivity index (χ3v) is 2.85. The van der Waals surface area contributed by atoms with Crippen LogP contribution in [0.1, 0.15) is 12.5 Å². The fourth-order valence-corrected chi connectivity index (χ4v) is 1.79. The summed E-state index contributed by atoms with van der Waals surface area (Å²) in [7, 11) is 1.34. The van der Waals surface area contributed by atoms with Crippen LogP contribution in [0.5, 0.6) is 5.88 Å². The first-order valence-corrected chi connectivity index (χ1v) is 5.91. The maximum Gasteiger partial charge on any atom is 0.354 e. The monoisotopic (exact) mass is 257 g/mol. The molecule has 0 N–H and O–H groups in total. The van der Waals surface area contributed by atoms with E-state index in [9.17, 15) is 4.79 Å². The van der Waals surface area contributed by atoms with Crippen LogP contribution < -0.4 is 4.74 Å². The van der Waals surface area contributed by atoms with E-state index in [1.807, 2.05) is 30.3 Å². The molecule has 19 heavy (non-hydrogen) atoms. The Kier molecular flexibility index (Phi) is 3.80. The minimum atomic E-state index is -1.22. The van der Waals surface area contributed by atoms with E-state index in [0.29, 0.717) is 11.4 Å². The minimum Gasteiger partial charge on any atom is -0.466 e. The third kappa shape index (κ3) is 2.73. The Morgan fingerprint density at radius 1 is 1.11 bits per heavy atom. The van der Waals surface area contributed by atoms with Crippen molar-refractivity contribution in [1.29, 1.82) is 0 Å². The summed E-state index contributed by atoms with van der Waals surface area (Å²) in [5.41, 5.74) is -0.503. The molecular weight excluding hydrogens is 242 g/mol. The number of rotatable bonds is 4. The van der Waals surface area contributed by atoms with Crippen molar-refractivity contribution in [3.05, 3.63) is 60.3 Å². The number of benzene rings is 1. The second-order valence-corrected chi connectivity index (χ2v) is 4.16. The van der Waals surface area contributed by atoms with Crippen molar-refractivity contribution in [2.24, 2.45) is 0 Å². The molecule has 2 aromatic rings. The van der Waals surface area contributed by atoms with Gasteiger partial charge in [-0.05, 0) is 13.0 Å². The van der Waals surface area contributed by atoms with Crippen molar-refractivity contribution < 1.29 is 14.3 Å². The zero-order valence-corrected chi connectivity index (χ0v) is 10.9. The van der Waals surface area contributed by atoms with Gasteiger partial charge in [0.25, 0.3) is 0 Å². The van der Waals surface area contributed by atoms with Crippen molar-refractivity contribution in [3.63, 3.8) is 0 Å². The zero-order valence-electron chi connectivity index (χ0n) is 10.9. The highest BCUT2D eigenvalue weighted by molar-refractivity contribution is 5.81. The van der Waals surface area contributed by atoms with E-state index >= 15 is 0 Å². The van der Waals surface area contributed by atoms with Gasteiger partial charge in [-0.3, -0.25) is 0 Å². The molecule has 1 unspecified atom stereocenters. The lowest BCUT2D eigenvalue weighted by Crippen LogP contribution is -2.39. The second kappa shape index (κ2) is 5.52. The zero-order chi connectivity index (χ0) is 13.7. The number of carbonyl (C=O) groups is 1. The molecule has 4 heteroatoms. The Morgan fingerprint density at radius 3 is 2.37 bits per heavy atom. The van der Waals surface area contributed by atoms with Gasteiger partial charge in [0, 0.05) is 17.8 Å². The molecule has 0 saturated carbocycles. The molecule has 0 aliphatic carbocycles. The Bertz CT molecular complexity index is 542. The average molecular weight is 257 g/mol. The quantitative estimate of drug-likeness (QED) is 0.790. The summed E-state index contributed by atoms with van der Waals surface area (Å²) in [4.78, 5) is 16.1. The fourth-order valence-electron chi connectivity index (χ4n) is 1.79. The molecule has 0 amide bonds. The van der Waals surface area contributed by atoms with Gasteiger partial charge in [-0.25, -0.2) is 9.78 Å². The number of methoxy groups -OCH3 is 1. The fraction of sp³-hybridized carbons (Fsp3) is 0.200. The molecule has 1 aromatic heterocycles. The first-order valence-electron chi connectivity index (χ1n) is 5.91. The second-order valence-electron chi connectivity index (χ2n) is 4.16. The van der Waals surface area contributed by atoms with E-state index in [0.717, 1.165) is 0 Å². The SMILES string of the molecule is COC(=O)C(C)(Oc1ccccn1)c1ccccc1. The van der Waals surface area contributed by atoms with Gasteiger partial charge in [-0.1, -0.05) is 36.4 Å². The summed E-state index contributed by atoms with van der Waals surface area (Å²) < 4.78 is 10.6. The van der Waals surface area contributed by atoms with Crippen LogP contribution in [0.3, 0.4) is 0 Å². The number of ether oxygens (including phenoxy) is 2. The van der Waals surface area contributed by atoms with Gasteiger partial charge in [0.15, 0.2) is 0 Å². The van der Waals surface area contributed by atoms with Crippen LogP contribution in [0.2, 0.25) is 0 Å². The van der Waals surface area contributed by atoms with Crippen LogP contribution in [0.4, 0.5) is 0 Å². The summed E-state index contributed by atoms with van der Waals surface area (Å²) in [6.07, 6.45) is 1.61. The van der Waals surface area contributed by atoms with Gasteiger partial charge < -0.3 is 9.47 Å². The molecule has 1 atom stereocenters. The maximum absolute atomic E-state index is 12.1. The van der Waals surface area contributed by atoms with Gasteiger partial charge in [-0.15, -0.1) is 0 Å². The van der Waals surface area contributed by atoms with Crippen LogP contribution >= 0.6 is 0 Å². The molecule has 4 nitrogen and oxygen atoms in total. The lowest BCUT2D eigenvalue weighted by Gasteiger charge is -2.27. The highest BCUT2D eigenvalue weighted by Gasteiger charge is 2.39. The molecule has 0 bridgehead atoms. The third-order valence-electron chi connectivity index (χ3n) is 2.85. The molecule has 0 saturated heterocycles. The van der Waals surface area contributed by atoms with Crippen LogP contribution in [0.25, 0.3) is 0 Å². The lowest BCUT2D eigenvalue weighted by molar-refractivity contribution is -0.158. The van der Waals surface area contributed by atoms with Crippen LogP contribution in [0.15, 0.2) is 54.7 Å². The van der Waals surface area contributed by atoms with Crippen LogP contribution in [-0.4, -0.2) is 18.1 Å². The highest BCUT2D eigenvalue weighted by atomic mass is 16.6. The largest absolute Gasteiger partial charge is 0.466 e. The maximum atomic E-state index is 12.1. The summed E-state index contributed by atoms with van der Waals surface area (Å²) in [5.74, 6) is -0.0939. The standard InChI is InChI=1S/C15H15NO3/c1-15(14(17)18-2,12-8-4-3-5-9-12)19-13-10-6-7-11-16-13/h3-11H,1-2H3. The van der Waals surface area contributed by atoms with Crippen molar-refractivity contribution in [2.45, 2.75) is 12.5 Å². The first kappa shape index (κ1) is 13.1. The molecular formula is C15H15NO3. The van der Waals surface area contributed by atoms with E-state index in [1.165, 1.54) is 7.11 Å². The van der Waals surface area contributed by atoms with Gasteiger partial charge in [0.2, 0.25) is 11.5 Å². The number of nitrogens with zero attached hydrogens (tertiary/aromatic N) is 1. The van der Waals surface area contributed by atoms with Crippen molar-refractivity contribution >= 4 is 5.97 Å². The van der Waals surface area contributed by atoms with E-state index in [4.69, 9.17) is 9.47 Å². The van der Waals surface area contributed by atoms with Gasteiger partial charge >= 0.3 is 5.97 Å². The van der Waals surface area contributed by atoms with Gasteiger partial charge in [0.1, 0.15) is 0 Å². The van der Waals surface area contributed by atoms with Crippen LogP contribution in [0, 0.1) is 0 Å². The molecule has 1 heterocycles. The number of aromatic nitrogens is 1. The van der Waals surface area contributed by atoms with Crippen LogP contribution in [-0.2, 0) is 15.1 Å². The summed E-state index contributed by atoms with van der Waals surface area (Å²) in [5, 5.41) is 0. The van der Waals surface area contributed by atoms with Crippen molar-refractivity contribution in [3.8, 4) is 5.88 Å². The first-order chi connectivity index (χ1) is 9.16. The number of pyridine rings is 1. The predicted molar refractivity (Wildman–Crippen MR) is 70.7 cm³/mol. The normalized spacial score (nSPS) is 13.4. The molecule has 98 valence electrons. The summed E-state index contributed by atoms with van der Waals surface area (Å²) in [6.45, 7) is 1.67. The number of hydrogen-bond donors (Lipinski definition) is 0. The summed E-state index contributed by atoms with van der Waals surface area (Å²) in [6, 6.07) is 14.5. The molecule has 1 aromatic carbocycles. The number of carbonyl (C=O) groups excluding carboxylic acids is 1. The highest BCUT2D eigenvalue weighted by Crippen LogP contribution is 2.28. The smallest absolute Gasteiger partial charge is 0.354 e. The van der Waals surface area contributed by atoms with Crippen molar-refractivity contribution in [1.82, 2.24) is 4.98 Å². The molecule has 0 aliphatic rings. The van der Waals surface area contributed by atoms with E-state index in [-0.39, 0.29) is 0 Å². The molecule has 0 fully saturated rings. The Hall–Kier alpha value is -2.36. The van der Waals surface area contributed by atoms with Gasteiger partial charge in [0.05, 0.1) is 7.11 Å². The average Bonchev–Trinajstić information content (AvgIpc) is 2.48. The Morgan fingerprint density at radius 2 is 1.79 bits per heavy atom. The topological polar surface area (TPSA) is 48.4 Å². The summed E-state index contributed by atoms with van der Waals surface area (Å²) >= 11 is 0. The molecule has 0 radical (unpaired) electrons. The lowest BCUT2D eigenvalue weighted by atomic mass is 9.96. The van der Waals surface area contributed by atoms with E-state index in [2.05, 4.69) is 4.98 Å². The Balaban J connectivity index is 2.39. The minimum absolute atomic E-state index is 0.374. The van der Waals surface area contributed by atoms with E-state index < -0.39 is 11.6 Å². The molecule has 0 spiro atoms. The number of esters is 1. The Labute approximate surface area is 112 Å². The van der Waals surface area contributed by atoms with Gasteiger partial charge in [-0.2, -0.15) is 0 Å². The van der Waals surface area contributed by atoms with E-state index in [1.54, 1.807) is 31.3 Å². The number of hydrogen-bond acceptors (Lipinski definition) is 4. The molecule has 0 aliphatic heterocycles.